The number of nitrogens with zero attached hydrogens (tertiary/aromatic N) is 4. The number of ether oxygens (including phenoxy) is 1. The molecule has 0 radical (unpaired) electrons. The van der Waals surface area contributed by atoms with Crippen LogP contribution in [-0.4, -0.2) is 17.4 Å². The molecule has 1 atom stereocenters. The van der Waals surface area contributed by atoms with Crippen LogP contribution >= 0.6 is 0 Å². The molecule has 1 aromatic rings. The van der Waals surface area contributed by atoms with Crippen LogP contribution in [0.2, 0.25) is 0 Å². The molecule has 0 aliphatic carbocycles. The lowest BCUT2D eigenvalue weighted by Gasteiger charge is -2.14. The molecule has 0 bridgehead atoms. The fourth-order valence-corrected chi connectivity index (χ4v) is 1.33. The van der Waals surface area contributed by atoms with E-state index in [2.05, 4.69) is 10.0 Å². The summed E-state index contributed by atoms with van der Waals surface area (Å²) in [4.78, 5) is 23.4. The van der Waals surface area contributed by atoms with Gasteiger partial charge in [-0.1, -0.05) is 5.11 Å². The summed E-state index contributed by atoms with van der Waals surface area (Å²) in [5.41, 5.74) is 8.71. The summed E-state index contributed by atoms with van der Waals surface area (Å²) in [7, 11) is 0. The second-order valence-electron chi connectivity index (χ2n) is 3.36. The summed E-state index contributed by atoms with van der Waals surface area (Å²) in [5, 5.41) is 13.8. The molecule has 0 spiro atoms. The number of esters is 1. The topological polar surface area (TPSA) is 118 Å². The van der Waals surface area contributed by atoms with Gasteiger partial charge < -0.3 is 4.74 Å². The first-order valence-electron chi connectivity index (χ1n) is 4.97. The summed E-state index contributed by atoms with van der Waals surface area (Å²) in [6.45, 7) is 1.17. The van der Waals surface area contributed by atoms with E-state index < -0.39 is 17.0 Å². The summed E-state index contributed by atoms with van der Waals surface area (Å²) in [6, 6.07) is 5.50. The van der Waals surface area contributed by atoms with Crippen LogP contribution in [0.5, 0.6) is 0 Å². The van der Waals surface area contributed by atoms with E-state index in [9.17, 15) is 14.9 Å². The number of azide groups is 1. The van der Waals surface area contributed by atoms with Gasteiger partial charge in [0.25, 0.3) is 5.69 Å². The average molecular weight is 250 g/mol. The normalized spacial score (nSPS) is 11.2. The summed E-state index contributed by atoms with van der Waals surface area (Å²) in [5.74, 6) is -0.522. The molecule has 0 aliphatic heterocycles. The third kappa shape index (κ3) is 3.76. The number of hydrogen-bond donors (Lipinski definition) is 0. The minimum atomic E-state index is -0.737. The van der Waals surface area contributed by atoms with Crippen molar-refractivity contribution >= 4 is 11.7 Å². The Balaban J connectivity index is 2.93. The highest BCUT2D eigenvalue weighted by atomic mass is 16.6. The van der Waals surface area contributed by atoms with E-state index in [0.29, 0.717) is 5.56 Å². The Morgan fingerprint density at radius 3 is 2.61 bits per heavy atom. The highest BCUT2D eigenvalue weighted by molar-refractivity contribution is 5.66. The van der Waals surface area contributed by atoms with Crippen LogP contribution in [0.1, 0.15) is 18.6 Å². The van der Waals surface area contributed by atoms with Gasteiger partial charge in [-0.2, -0.15) is 0 Å². The van der Waals surface area contributed by atoms with Crippen LogP contribution in [-0.2, 0) is 9.53 Å². The number of carbonyl (C=O) groups is 1. The predicted molar refractivity (Wildman–Crippen MR) is 61.6 cm³/mol. The van der Waals surface area contributed by atoms with Crippen LogP contribution in [0.4, 0.5) is 5.69 Å². The maximum absolute atomic E-state index is 10.9. The minimum absolute atomic E-state index is 0.0616. The zero-order valence-corrected chi connectivity index (χ0v) is 9.52. The maximum Gasteiger partial charge on any atom is 0.303 e. The molecule has 0 heterocycles. The molecule has 1 rings (SSSR count). The molecular weight excluding hydrogens is 240 g/mol. The first kappa shape index (κ1) is 13.5. The van der Waals surface area contributed by atoms with Gasteiger partial charge >= 0.3 is 5.97 Å². The second kappa shape index (κ2) is 6.21. The molecular formula is C10H10N4O4. The second-order valence-corrected chi connectivity index (χ2v) is 3.36. The standard InChI is InChI=1S/C10H10N4O4/c1-7(15)18-10(6-12-13-11)8-2-4-9(5-3-8)14(16)17/h2-5,10H,6H2,1H3/t10-/m1/s1. The van der Waals surface area contributed by atoms with Crippen molar-refractivity contribution in [2.75, 3.05) is 6.54 Å². The molecule has 8 heteroatoms. The lowest BCUT2D eigenvalue weighted by Crippen LogP contribution is -2.11. The SMILES string of the molecule is CC(=O)O[C@H](CN=[N+]=[N-])c1ccc([N+](=O)[O-])cc1. The zero-order valence-electron chi connectivity index (χ0n) is 9.52. The Morgan fingerprint density at radius 1 is 1.56 bits per heavy atom. The van der Waals surface area contributed by atoms with Crippen molar-refractivity contribution in [2.24, 2.45) is 5.11 Å². The maximum atomic E-state index is 10.9. The van der Waals surface area contributed by atoms with Gasteiger partial charge in [0.05, 0.1) is 11.5 Å². The fraction of sp³-hybridized carbons (Fsp3) is 0.300. The number of benzene rings is 1. The molecule has 0 aliphatic rings. The molecule has 0 fully saturated rings. The van der Waals surface area contributed by atoms with Crippen LogP contribution < -0.4 is 0 Å². The molecule has 1 aromatic carbocycles. The van der Waals surface area contributed by atoms with Crippen molar-refractivity contribution in [1.29, 1.82) is 0 Å². The molecule has 94 valence electrons. The zero-order chi connectivity index (χ0) is 13.5. The Morgan fingerprint density at radius 2 is 2.17 bits per heavy atom. The quantitative estimate of drug-likeness (QED) is 0.199. The van der Waals surface area contributed by atoms with Crippen LogP contribution in [0.3, 0.4) is 0 Å². The van der Waals surface area contributed by atoms with E-state index in [1.807, 2.05) is 0 Å². The molecule has 8 nitrogen and oxygen atoms in total. The van der Waals surface area contributed by atoms with E-state index in [-0.39, 0.29) is 12.2 Å². The number of rotatable bonds is 5. The predicted octanol–water partition coefficient (Wildman–Crippen LogP) is 2.51. The third-order valence-corrected chi connectivity index (χ3v) is 2.09. The molecule has 0 unspecified atom stereocenters. The lowest BCUT2D eigenvalue weighted by molar-refractivity contribution is -0.384. The monoisotopic (exact) mass is 250 g/mol. The van der Waals surface area contributed by atoms with Crippen molar-refractivity contribution in [2.45, 2.75) is 13.0 Å². The minimum Gasteiger partial charge on any atom is -0.458 e. The Bertz CT molecular complexity index is 489. The number of hydrogen-bond acceptors (Lipinski definition) is 5. The van der Waals surface area contributed by atoms with Crippen LogP contribution in [0.15, 0.2) is 29.4 Å². The van der Waals surface area contributed by atoms with Gasteiger partial charge in [0.2, 0.25) is 0 Å². The fourth-order valence-electron chi connectivity index (χ4n) is 1.33. The molecule has 0 saturated heterocycles. The number of nitro groups is 1. The van der Waals surface area contributed by atoms with Gasteiger partial charge in [0.15, 0.2) is 0 Å². The highest BCUT2D eigenvalue weighted by Crippen LogP contribution is 2.21. The van der Waals surface area contributed by atoms with E-state index >= 15 is 0 Å². The summed E-state index contributed by atoms with van der Waals surface area (Å²) < 4.78 is 4.97. The van der Waals surface area contributed by atoms with Crippen molar-refractivity contribution in [1.82, 2.24) is 0 Å². The highest BCUT2D eigenvalue weighted by Gasteiger charge is 2.15. The van der Waals surface area contributed by atoms with Crippen LogP contribution in [0.25, 0.3) is 10.4 Å². The molecule has 0 aromatic heterocycles. The van der Waals surface area contributed by atoms with Crippen molar-refractivity contribution in [3.05, 3.63) is 50.4 Å². The summed E-state index contributed by atoms with van der Waals surface area (Å²) >= 11 is 0. The first-order valence-corrected chi connectivity index (χ1v) is 4.97. The van der Waals surface area contributed by atoms with E-state index in [4.69, 9.17) is 10.3 Å². The van der Waals surface area contributed by atoms with Gasteiger partial charge in [-0.3, -0.25) is 14.9 Å². The molecule has 0 saturated carbocycles. The van der Waals surface area contributed by atoms with Crippen molar-refractivity contribution in [3.63, 3.8) is 0 Å². The number of nitro benzene ring substituents is 1. The van der Waals surface area contributed by atoms with Gasteiger partial charge in [-0.25, -0.2) is 0 Å². The first-order chi connectivity index (χ1) is 8.54. The Labute approximate surface area is 102 Å². The van der Waals surface area contributed by atoms with Gasteiger partial charge in [-0.15, -0.1) is 0 Å². The molecule has 18 heavy (non-hydrogen) atoms. The molecule has 0 N–H and O–H groups in total. The Hall–Kier alpha value is -2.60. The average Bonchev–Trinajstić information content (AvgIpc) is 2.34. The number of non-ortho nitro benzene ring substituents is 1. The lowest BCUT2D eigenvalue weighted by atomic mass is 10.1. The van der Waals surface area contributed by atoms with E-state index in [1.165, 1.54) is 31.2 Å². The Kier molecular flexibility index (Phi) is 4.65. The van der Waals surface area contributed by atoms with E-state index in [1.54, 1.807) is 0 Å². The van der Waals surface area contributed by atoms with Gasteiger partial charge in [0.1, 0.15) is 6.10 Å². The smallest absolute Gasteiger partial charge is 0.303 e. The molecule has 0 amide bonds. The van der Waals surface area contributed by atoms with Crippen molar-refractivity contribution in [3.8, 4) is 0 Å². The number of carbonyl (C=O) groups excluding carboxylic acids is 1. The summed E-state index contributed by atoms with van der Waals surface area (Å²) in [6.07, 6.45) is -0.737. The van der Waals surface area contributed by atoms with Crippen LogP contribution in [0, 0.1) is 10.1 Å². The van der Waals surface area contributed by atoms with Crippen molar-refractivity contribution < 1.29 is 14.5 Å². The van der Waals surface area contributed by atoms with E-state index in [0.717, 1.165) is 0 Å². The van der Waals surface area contributed by atoms with Gasteiger partial charge in [-0.05, 0) is 23.2 Å². The largest absolute Gasteiger partial charge is 0.458 e. The third-order valence-electron chi connectivity index (χ3n) is 2.09. The van der Waals surface area contributed by atoms with Gasteiger partial charge in [0, 0.05) is 24.0 Å².